The van der Waals surface area contributed by atoms with Gasteiger partial charge in [-0.15, -0.1) is 0 Å². The van der Waals surface area contributed by atoms with Gasteiger partial charge in [-0.25, -0.2) is 13.2 Å². The Labute approximate surface area is 91.3 Å². The van der Waals surface area contributed by atoms with Crippen molar-refractivity contribution < 1.29 is 18.3 Å². The van der Waals surface area contributed by atoms with Gasteiger partial charge in [-0.1, -0.05) is 6.07 Å². The molecule has 0 aromatic heterocycles. The first-order valence-corrected chi connectivity index (χ1v) is 6.14. The van der Waals surface area contributed by atoms with Crippen molar-refractivity contribution in [3.63, 3.8) is 0 Å². The van der Waals surface area contributed by atoms with E-state index in [0.29, 0.717) is 0 Å². The van der Waals surface area contributed by atoms with E-state index in [1.54, 1.807) is 0 Å². The molecule has 1 aromatic rings. The van der Waals surface area contributed by atoms with Crippen LogP contribution >= 0.6 is 10.7 Å². The third-order valence-electron chi connectivity index (χ3n) is 1.77. The van der Waals surface area contributed by atoms with Crippen LogP contribution in [0, 0.1) is 0 Å². The molecule has 0 bridgehead atoms. The molecule has 0 aliphatic heterocycles. The summed E-state index contributed by atoms with van der Waals surface area (Å²) in [5.41, 5.74) is 0.240. The van der Waals surface area contributed by atoms with Crippen molar-refractivity contribution in [1.29, 1.82) is 0 Å². The molecule has 1 amide bonds. The van der Waals surface area contributed by atoms with Crippen LogP contribution in [0.15, 0.2) is 29.2 Å². The summed E-state index contributed by atoms with van der Waals surface area (Å²) < 4.78 is 22.0. The molecule has 0 saturated carbocycles. The lowest BCUT2D eigenvalue weighted by molar-refractivity contribution is 0.203. The molecule has 1 N–H and O–H groups in total. The van der Waals surface area contributed by atoms with E-state index < -0.39 is 15.1 Å². The molecule has 5 nitrogen and oxygen atoms in total. The van der Waals surface area contributed by atoms with Crippen molar-refractivity contribution in [2.75, 3.05) is 11.9 Å². The molecule has 0 aliphatic rings. The Morgan fingerprint density at radius 2 is 2.07 bits per heavy atom. The van der Waals surface area contributed by atoms with Crippen molar-refractivity contribution in [3.8, 4) is 0 Å². The molecule has 0 radical (unpaired) electrons. The van der Waals surface area contributed by atoms with E-state index in [2.05, 4.69) is 0 Å². The van der Waals surface area contributed by atoms with Crippen LogP contribution in [-0.4, -0.2) is 26.7 Å². The van der Waals surface area contributed by atoms with Crippen molar-refractivity contribution in [1.82, 2.24) is 0 Å². The minimum Gasteiger partial charge on any atom is -0.465 e. The Kier molecular flexibility index (Phi) is 3.21. The first-order chi connectivity index (χ1) is 6.82. The third-order valence-corrected chi connectivity index (χ3v) is 3.12. The Balaban J connectivity index is 3.20. The van der Waals surface area contributed by atoms with Gasteiger partial charge in [0.05, 0.1) is 4.90 Å². The average molecular weight is 250 g/mol. The Hall–Kier alpha value is -1.27. The quantitative estimate of drug-likeness (QED) is 0.810. The van der Waals surface area contributed by atoms with E-state index in [1.807, 2.05) is 0 Å². The van der Waals surface area contributed by atoms with Crippen molar-refractivity contribution in [2.45, 2.75) is 4.90 Å². The van der Waals surface area contributed by atoms with Crippen LogP contribution in [0.25, 0.3) is 0 Å². The van der Waals surface area contributed by atoms with Crippen LogP contribution in [0.4, 0.5) is 10.5 Å². The molecule has 0 heterocycles. The molecule has 15 heavy (non-hydrogen) atoms. The Bertz CT molecular complexity index is 485. The first kappa shape index (κ1) is 11.8. The van der Waals surface area contributed by atoms with Gasteiger partial charge in [0.2, 0.25) is 0 Å². The lowest BCUT2D eigenvalue weighted by Gasteiger charge is -2.13. The van der Waals surface area contributed by atoms with Crippen LogP contribution in [0.5, 0.6) is 0 Å². The number of nitrogens with zero attached hydrogens (tertiary/aromatic N) is 1. The number of amides is 1. The predicted octanol–water partition coefficient (Wildman–Crippen LogP) is 1.73. The number of anilines is 1. The topological polar surface area (TPSA) is 74.7 Å². The normalized spacial score (nSPS) is 11.1. The van der Waals surface area contributed by atoms with Gasteiger partial charge in [-0.3, -0.25) is 4.90 Å². The van der Waals surface area contributed by atoms with Crippen LogP contribution in [-0.2, 0) is 9.05 Å². The average Bonchev–Trinajstić information content (AvgIpc) is 2.15. The maximum atomic E-state index is 11.0. The first-order valence-electron chi connectivity index (χ1n) is 3.84. The minimum atomic E-state index is -3.83. The van der Waals surface area contributed by atoms with Crippen LogP contribution in [0.1, 0.15) is 0 Å². The smallest absolute Gasteiger partial charge is 0.411 e. The van der Waals surface area contributed by atoms with Crippen molar-refractivity contribution in [3.05, 3.63) is 24.3 Å². The van der Waals surface area contributed by atoms with E-state index in [9.17, 15) is 13.2 Å². The molecule has 0 aliphatic carbocycles. The second-order valence-corrected chi connectivity index (χ2v) is 5.34. The molecule has 7 heteroatoms. The van der Waals surface area contributed by atoms with Gasteiger partial charge in [0, 0.05) is 23.4 Å². The highest BCUT2D eigenvalue weighted by Gasteiger charge is 2.13. The maximum absolute atomic E-state index is 11.0. The van der Waals surface area contributed by atoms with Gasteiger partial charge in [0.25, 0.3) is 9.05 Å². The van der Waals surface area contributed by atoms with Crippen molar-refractivity contribution in [2.24, 2.45) is 0 Å². The van der Waals surface area contributed by atoms with Gasteiger partial charge >= 0.3 is 6.09 Å². The summed E-state index contributed by atoms with van der Waals surface area (Å²) in [7, 11) is 2.60. The third kappa shape index (κ3) is 2.84. The number of hydrogen-bond acceptors (Lipinski definition) is 3. The van der Waals surface area contributed by atoms with Gasteiger partial charge in [0.15, 0.2) is 0 Å². The van der Waals surface area contributed by atoms with Gasteiger partial charge < -0.3 is 5.11 Å². The highest BCUT2D eigenvalue weighted by molar-refractivity contribution is 8.13. The van der Waals surface area contributed by atoms with Crippen LogP contribution in [0.3, 0.4) is 0 Å². The lowest BCUT2D eigenvalue weighted by atomic mass is 10.3. The lowest BCUT2D eigenvalue weighted by Crippen LogP contribution is -2.23. The maximum Gasteiger partial charge on any atom is 0.411 e. The van der Waals surface area contributed by atoms with Gasteiger partial charge in [-0.2, -0.15) is 0 Å². The highest BCUT2D eigenvalue weighted by atomic mass is 35.7. The zero-order valence-corrected chi connectivity index (χ0v) is 9.29. The standard InChI is InChI=1S/C8H8ClNO4S/c1-10(8(11)12)6-3-2-4-7(5-6)15(9,13)14/h2-5H,1H3,(H,11,12). The van der Waals surface area contributed by atoms with Crippen molar-refractivity contribution >= 4 is 31.5 Å². The molecule has 0 atom stereocenters. The number of halogens is 1. The molecule has 82 valence electrons. The number of carbonyl (C=O) groups is 1. The van der Waals surface area contributed by atoms with Crippen LogP contribution < -0.4 is 4.90 Å². The fraction of sp³-hybridized carbons (Fsp3) is 0.125. The number of hydrogen-bond donors (Lipinski definition) is 1. The molecule has 1 rings (SSSR count). The monoisotopic (exact) mass is 249 g/mol. The molecule has 0 unspecified atom stereocenters. The highest BCUT2D eigenvalue weighted by Crippen LogP contribution is 2.21. The molecule has 1 aromatic carbocycles. The molecular weight excluding hydrogens is 242 g/mol. The minimum absolute atomic E-state index is 0.130. The molecule has 0 fully saturated rings. The number of carboxylic acid groups (broad SMARTS) is 1. The summed E-state index contributed by atoms with van der Waals surface area (Å²) in [6.45, 7) is 0. The molecule has 0 saturated heterocycles. The van der Waals surface area contributed by atoms with E-state index in [-0.39, 0.29) is 10.6 Å². The van der Waals surface area contributed by atoms with E-state index in [1.165, 1.54) is 31.3 Å². The molecular formula is C8H8ClNO4S. The SMILES string of the molecule is CN(C(=O)O)c1cccc(S(=O)(=O)Cl)c1. The second-order valence-electron chi connectivity index (χ2n) is 2.78. The Morgan fingerprint density at radius 1 is 1.47 bits per heavy atom. The summed E-state index contributed by atoms with van der Waals surface area (Å²) in [6, 6.07) is 5.38. The zero-order chi connectivity index (χ0) is 11.6. The fourth-order valence-electron chi connectivity index (χ4n) is 0.954. The molecule has 0 spiro atoms. The summed E-state index contributed by atoms with van der Waals surface area (Å²) in [5.74, 6) is 0. The van der Waals surface area contributed by atoms with Gasteiger partial charge in [-0.05, 0) is 18.2 Å². The van der Waals surface area contributed by atoms with Gasteiger partial charge in [0.1, 0.15) is 0 Å². The van der Waals surface area contributed by atoms with E-state index in [4.69, 9.17) is 15.8 Å². The number of benzene rings is 1. The summed E-state index contributed by atoms with van der Waals surface area (Å²) in [6.07, 6.45) is -1.18. The van der Waals surface area contributed by atoms with Crippen LogP contribution in [0.2, 0.25) is 0 Å². The van der Waals surface area contributed by atoms with E-state index >= 15 is 0 Å². The number of rotatable bonds is 2. The predicted molar refractivity (Wildman–Crippen MR) is 55.9 cm³/mol. The largest absolute Gasteiger partial charge is 0.465 e. The van der Waals surface area contributed by atoms with E-state index in [0.717, 1.165) is 4.90 Å². The summed E-state index contributed by atoms with van der Waals surface area (Å²) in [5, 5.41) is 8.67. The summed E-state index contributed by atoms with van der Waals surface area (Å²) >= 11 is 0. The Morgan fingerprint density at radius 3 is 2.53 bits per heavy atom. The fourth-order valence-corrected chi connectivity index (χ4v) is 1.74. The summed E-state index contributed by atoms with van der Waals surface area (Å²) in [4.78, 5) is 11.4. The zero-order valence-electron chi connectivity index (χ0n) is 7.71. The second kappa shape index (κ2) is 4.08.